The van der Waals surface area contributed by atoms with Crippen LogP contribution in [0.25, 0.3) is 11.2 Å². The SMILES string of the molecule is CC.CC(=O)CC[C@@H](NC(=O)c1ccc(NCc2cnc3nc(N)[nH]c(=O)c3n2)cc1)C(=O)O. The maximum atomic E-state index is 12.3. The first-order chi connectivity index (χ1) is 16.2. The molecular weight excluding hydrogens is 442 g/mol. The number of amides is 1. The van der Waals surface area contributed by atoms with Crippen LogP contribution in [0.4, 0.5) is 11.6 Å². The van der Waals surface area contributed by atoms with Crippen LogP contribution in [0.15, 0.2) is 35.3 Å². The third-order valence-corrected chi connectivity index (χ3v) is 4.50. The Morgan fingerprint density at radius 2 is 1.82 bits per heavy atom. The van der Waals surface area contributed by atoms with Gasteiger partial charge >= 0.3 is 5.97 Å². The predicted octanol–water partition coefficient (Wildman–Crippen LogP) is 1.49. The van der Waals surface area contributed by atoms with Crippen molar-refractivity contribution in [3.8, 4) is 0 Å². The highest BCUT2D eigenvalue weighted by atomic mass is 16.4. The van der Waals surface area contributed by atoms with Crippen LogP contribution in [0.3, 0.4) is 0 Å². The quantitative estimate of drug-likeness (QED) is 0.306. The van der Waals surface area contributed by atoms with Crippen LogP contribution in [0.1, 0.15) is 49.7 Å². The average molecular weight is 470 g/mol. The summed E-state index contributed by atoms with van der Waals surface area (Å²) in [5.41, 5.74) is 6.64. The van der Waals surface area contributed by atoms with E-state index in [1.54, 1.807) is 12.1 Å². The van der Waals surface area contributed by atoms with E-state index in [0.717, 1.165) is 0 Å². The van der Waals surface area contributed by atoms with Crippen molar-refractivity contribution in [1.29, 1.82) is 0 Å². The third-order valence-electron chi connectivity index (χ3n) is 4.50. The molecule has 3 aromatic rings. The number of H-pyrrole nitrogens is 1. The van der Waals surface area contributed by atoms with Gasteiger partial charge in [-0.25, -0.2) is 14.8 Å². The highest BCUT2D eigenvalue weighted by molar-refractivity contribution is 5.97. The molecule has 6 N–H and O–H groups in total. The minimum absolute atomic E-state index is 0.0216. The Morgan fingerprint density at radius 1 is 1.15 bits per heavy atom. The highest BCUT2D eigenvalue weighted by Crippen LogP contribution is 2.12. The minimum Gasteiger partial charge on any atom is -0.480 e. The fourth-order valence-corrected chi connectivity index (χ4v) is 2.83. The second-order valence-electron chi connectivity index (χ2n) is 7.02. The van der Waals surface area contributed by atoms with E-state index in [1.165, 1.54) is 25.3 Å². The van der Waals surface area contributed by atoms with Gasteiger partial charge in [-0.2, -0.15) is 4.98 Å². The van der Waals surface area contributed by atoms with Gasteiger partial charge in [-0.15, -0.1) is 0 Å². The van der Waals surface area contributed by atoms with E-state index in [2.05, 4.69) is 30.6 Å². The molecule has 0 radical (unpaired) electrons. The van der Waals surface area contributed by atoms with Crippen molar-refractivity contribution >= 4 is 40.5 Å². The summed E-state index contributed by atoms with van der Waals surface area (Å²) in [5, 5.41) is 14.7. The number of aromatic amines is 1. The molecule has 0 saturated carbocycles. The molecule has 3 rings (SSSR count). The molecule has 0 aliphatic rings. The summed E-state index contributed by atoms with van der Waals surface area (Å²) in [5.74, 6) is -1.95. The molecule has 0 bridgehead atoms. The Balaban J connectivity index is 0.00000199. The number of Topliss-reactive ketones (excluding diaryl/α,β-unsaturated/α-hetero) is 1. The number of ketones is 1. The van der Waals surface area contributed by atoms with Gasteiger partial charge in [0, 0.05) is 17.7 Å². The molecule has 180 valence electrons. The minimum atomic E-state index is -1.20. The summed E-state index contributed by atoms with van der Waals surface area (Å²) < 4.78 is 0. The Kier molecular flexibility index (Phi) is 9.18. The number of rotatable bonds is 9. The van der Waals surface area contributed by atoms with Gasteiger partial charge in [0.05, 0.1) is 18.4 Å². The van der Waals surface area contributed by atoms with Gasteiger partial charge in [0.15, 0.2) is 11.2 Å². The molecule has 1 atom stereocenters. The van der Waals surface area contributed by atoms with E-state index in [9.17, 15) is 24.3 Å². The van der Waals surface area contributed by atoms with Crippen molar-refractivity contribution in [2.45, 2.75) is 46.2 Å². The molecule has 0 saturated heterocycles. The summed E-state index contributed by atoms with van der Waals surface area (Å²) in [7, 11) is 0. The topological polar surface area (TPSA) is 193 Å². The fourth-order valence-electron chi connectivity index (χ4n) is 2.83. The number of nitrogens with zero attached hydrogens (tertiary/aromatic N) is 3. The number of carbonyl (C=O) groups is 3. The molecule has 0 aliphatic heterocycles. The predicted molar refractivity (Wildman–Crippen MR) is 126 cm³/mol. The number of aromatic nitrogens is 4. The van der Waals surface area contributed by atoms with Crippen molar-refractivity contribution in [3.05, 3.63) is 52.1 Å². The van der Waals surface area contributed by atoms with Gasteiger partial charge in [0.25, 0.3) is 11.5 Å². The number of nitrogen functional groups attached to an aromatic ring is 1. The Morgan fingerprint density at radius 3 is 2.44 bits per heavy atom. The van der Waals surface area contributed by atoms with E-state index in [-0.39, 0.29) is 47.8 Å². The Bertz CT molecular complexity index is 1220. The molecule has 2 aromatic heterocycles. The van der Waals surface area contributed by atoms with Crippen LogP contribution in [-0.4, -0.2) is 48.7 Å². The largest absolute Gasteiger partial charge is 0.480 e. The van der Waals surface area contributed by atoms with Crippen LogP contribution in [0, 0.1) is 0 Å². The normalized spacial score (nSPS) is 11.1. The number of aliphatic carboxylic acids is 1. The molecule has 2 heterocycles. The molecule has 1 aromatic carbocycles. The summed E-state index contributed by atoms with van der Waals surface area (Å²) in [6.07, 6.45) is 1.55. The zero-order valence-electron chi connectivity index (χ0n) is 19.1. The highest BCUT2D eigenvalue weighted by Gasteiger charge is 2.21. The van der Waals surface area contributed by atoms with E-state index in [4.69, 9.17) is 5.73 Å². The van der Waals surface area contributed by atoms with Crippen molar-refractivity contribution in [2.24, 2.45) is 0 Å². The molecule has 12 nitrogen and oxygen atoms in total. The van der Waals surface area contributed by atoms with E-state index >= 15 is 0 Å². The number of carbonyl (C=O) groups excluding carboxylic acids is 2. The van der Waals surface area contributed by atoms with Gasteiger partial charge in [-0.05, 0) is 37.6 Å². The van der Waals surface area contributed by atoms with Gasteiger partial charge in [0.2, 0.25) is 5.95 Å². The van der Waals surface area contributed by atoms with Crippen molar-refractivity contribution < 1.29 is 19.5 Å². The number of benzene rings is 1. The zero-order chi connectivity index (χ0) is 25.3. The number of carboxylic acids is 1. The molecule has 0 aliphatic carbocycles. The van der Waals surface area contributed by atoms with E-state index < -0.39 is 23.5 Å². The van der Waals surface area contributed by atoms with Crippen molar-refractivity contribution in [1.82, 2.24) is 25.3 Å². The lowest BCUT2D eigenvalue weighted by Crippen LogP contribution is -2.41. The smallest absolute Gasteiger partial charge is 0.326 e. The first-order valence-electron chi connectivity index (χ1n) is 10.6. The van der Waals surface area contributed by atoms with Crippen LogP contribution in [0.5, 0.6) is 0 Å². The third kappa shape index (κ3) is 7.08. The number of nitrogens with two attached hydrogens (primary N) is 1. The van der Waals surface area contributed by atoms with Gasteiger partial charge in [-0.1, -0.05) is 13.8 Å². The molecule has 1 amide bonds. The van der Waals surface area contributed by atoms with Crippen LogP contribution in [0.2, 0.25) is 0 Å². The summed E-state index contributed by atoms with van der Waals surface area (Å²) in [6, 6.07) is 5.20. The lowest BCUT2D eigenvalue weighted by atomic mass is 10.1. The lowest BCUT2D eigenvalue weighted by molar-refractivity contribution is -0.139. The van der Waals surface area contributed by atoms with E-state index in [1.807, 2.05) is 13.8 Å². The summed E-state index contributed by atoms with van der Waals surface area (Å²) in [6.45, 7) is 5.62. The first-order valence-corrected chi connectivity index (χ1v) is 10.6. The first kappa shape index (κ1) is 25.9. The van der Waals surface area contributed by atoms with Gasteiger partial charge in [0.1, 0.15) is 11.8 Å². The lowest BCUT2D eigenvalue weighted by Gasteiger charge is -2.14. The number of anilines is 2. The summed E-state index contributed by atoms with van der Waals surface area (Å²) >= 11 is 0. The van der Waals surface area contributed by atoms with Crippen molar-refractivity contribution in [3.63, 3.8) is 0 Å². The number of fused-ring (bicyclic) bond motifs is 1. The molecule has 34 heavy (non-hydrogen) atoms. The molecular formula is C22H27N7O5. The number of hydrogen-bond acceptors (Lipinski definition) is 9. The number of hydrogen-bond donors (Lipinski definition) is 5. The second kappa shape index (κ2) is 12.0. The fraction of sp³-hybridized carbons (Fsp3) is 0.318. The van der Waals surface area contributed by atoms with Crippen LogP contribution < -0.4 is 21.9 Å². The van der Waals surface area contributed by atoms with Gasteiger partial charge < -0.3 is 26.3 Å². The average Bonchev–Trinajstić information content (AvgIpc) is 2.81. The summed E-state index contributed by atoms with van der Waals surface area (Å²) in [4.78, 5) is 61.2. The standard InChI is InChI=1S/C20H21N7O5.C2H6/c1-10(28)2-7-14(19(31)32)25-17(29)11-3-5-12(6-4-11)22-8-13-9-23-16-15(24-13)18(30)27-20(21)26-16;1-2/h3-6,9,14,22H,2,7-8H2,1H3,(H,25,29)(H,31,32)(H3,21,23,26,27,30);1-2H3/t14-;/m1./s1. The van der Waals surface area contributed by atoms with Crippen LogP contribution in [-0.2, 0) is 16.1 Å². The van der Waals surface area contributed by atoms with Crippen LogP contribution >= 0.6 is 0 Å². The number of nitrogens with one attached hydrogen (secondary N) is 3. The maximum Gasteiger partial charge on any atom is 0.326 e. The number of carboxylic acid groups (broad SMARTS) is 1. The maximum absolute atomic E-state index is 12.3. The molecule has 12 heteroatoms. The monoisotopic (exact) mass is 469 g/mol. The second-order valence-corrected chi connectivity index (χ2v) is 7.02. The Hall–Kier alpha value is -4.35. The van der Waals surface area contributed by atoms with Crippen molar-refractivity contribution in [2.75, 3.05) is 11.1 Å². The van der Waals surface area contributed by atoms with Gasteiger partial charge in [-0.3, -0.25) is 14.6 Å². The molecule has 0 fully saturated rings. The Labute approximate surface area is 195 Å². The van der Waals surface area contributed by atoms with E-state index in [0.29, 0.717) is 11.4 Å². The zero-order valence-corrected chi connectivity index (χ0v) is 19.1. The molecule has 0 unspecified atom stereocenters. The molecule has 0 spiro atoms.